The van der Waals surface area contributed by atoms with Crippen molar-refractivity contribution in [3.63, 3.8) is 0 Å². The number of rotatable bonds is 8. The third-order valence-corrected chi connectivity index (χ3v) is 4.98. The number of ether oxygens (including phenoxy) is 1. The molecule has 0 atom stereocenters. The van der Waals surface area contributed by atoms with Gasteiger partial charge in [0.1, 0.15) is 18.2 Å². The van der Waals surface area contributed by atoms with Gasteiger partial charge in [0.05, 0.1) is 6.54 Å². The van der Waals surface area contributed by atoms with Crippen molar-refractivity contribution in [1.82, 2.24) is 15.1 Å². The van der Waals surface area contributed by atoms with Gasteiger partial charge in [0.25, 0.3) is 0 Å². The van der Waals surface area contributed by atoms with Crippen LogP contribution in [0.1, 0.15) is 11.1 Å². The average Bonchev–Trinajstić information content (AvgIpc) is 2.71. The van der Waals surface area contributed by atoms with Gasteiger partial charge in [-0.1, -0.05) is 30.3 Å². The van der Waals surface area contributed by atoms with Crippen molar-refractivity contribution in [3.05, 3.63) is 65.5 Å². The van der Waals surface area contributed by atoms with Gasteiger partial charge in [0.15, 0.2) is 0 Å². The number of piperazine rings is 1. The van der Waals surface area contributed by atoms with Gasteiger partial charge in [-0.3, -0.25) is 14.6 Å². The van der Waals surface area contributed by atoms with Gasteiger partial charge in [-0.15, -0.1) is 0 Å². The van der Waals surface area contributed by atoms with Gasteiger partial charge < -0.3 is 10.1 Å². The number of halogens is 1. The molecule has 1 heterocycles. The van der Waals surface area contributed by atoms with Crippen LogP contribution in [0.15, 0.2) is 48.5 Å². The summed E-state index contributed by atoms with van der Waals surface area (Å²) in [6, 6.07) is 14.9. The Balaban J connectivity index is 1.31. The summed E-state index contributed by atoms with van der Waals surface area (Å²) < 4.78 is 19.3. The normalized spacial score (nSPS) is 15.4. The molecule has 1 amide bonds. The maximum Gasteiger partial charge on any atom is 0.234 e. The molecule has 150 valence electrons. The highest BCUT2D eigenvalue weighted by Gasteiger charge is 2.18. The summed E-state index contributed by atoms with van der Waals surface area (Å²) >= 11 is 0. The highest BCUT2D eigenvalue weighted by molar-refractivity contribution is 5.78. The van der Waals surface area contributed by atoms with Crippen molar-refractivity contribution < 1.29 is 13.9 Å². The first-order chi connectivity index (χ1) is 13.6. The Hall–Kier alpha value is -2.44. The molecule has 0 bridgehead atoms. The number of nitrogens with one attached hydrogen (secondary N) is 1. The number of para-hydroxylation sites is 1. The zero-order valence-electron chi connectivity index (χ0n) is 16.4. The molecule has 3 rings (SSSR count). The monoisotopic (exact) mass is 385 g/mol. The summed E-state index contributed by atoms with van der Waals surface area (Å²) in [5.74, 6) is 0.632. The second-order valence-electron chi connectivity index (χ2n) is 7.14. The minimum atomic E-state index is -0.237. The molecule has 0 saturated carbocycles. The number of carbonyl (C=O) groups is 1. The summed E-state index contributed by atoms with van der Waals surface area (Å²) in [6.45, 7) is 7.57. The molecule has 0 radical (unpaired) electrons. The first-order valence-corrected chi connectivity index (χ1v) is 9.74. The Morgan fingerprint density at radius 2 is 1.79 bits per heavy atom. The average molecular weight is 385 g/mol. The smallest absolute Gasteiger partial charge is 0.234 e. The Bertz CT molecular complexity index is 762. The fourth-order valence-corrected chi connectivity index (χ4v) is 3.19. The molecule has 0 aromatic heterocycles. The lowest BCUT2D eigenvalue weighted by Gasteiger charge is -2.34. The predicted octanol–water partition coefficient (Wildman–Crippen LogP) is 2.45. The van der Waals surface area contributed by atoms with Crippen molar-refractivity contribution in [3.8, 4) is 5.75 Å². The van der Waals surface area contributed by atoms with Crippen LogP contribution in [0.5, 0.6) is 5.75 Å². The van der Waals surface area contributed by atoms with E-state index < -0.39 is 0 Å². The predicted molar refractivity (Wildman–Crippen MR) is 108 cm³/mol. The summed E-state index contributed by atoms with van der Waals surface area (Å²) in [5, 5.41) is 2.88. The molecule has 2 aromatic rings. The van der Waals surface area contributed by atoms with Crippen LogP contribution in [-0.4, -0.2) is 61.6 Å². The van der Waals surface area contributed by atoms with Crippen LogP contribution < -0.4 is 10.1 Å². The van der Waals surface area contributed by atoms with E-state index in [1.54, 1.807) is 13.0 Å². The van der Waals surface area contributed by atoms with Crippen LogP contribution in [0, 0.1) is 12.7 Å². The number of hydrogen-bond acceptors (Lipinski definition) is 4. The lowest BCUT2D eigenvalue weighted by Crippen LogP contribution is -2.50. The van der Waals surface area contributed by atoms with E-state index in [9.17, 15) is 9.18 Å². The van der Waals surface area contributed by atoms with E-state index in [0.29, 0.717) is 25.3 Å². The minimum Gasteiger partial charge on any atom is -0.492 e. The largest absolute Gasteiger partial charge is 0.492 e. The molecule has 2 aromatic carbocycles. The van der Waals surface area contributed by atoms with Crippen LogP contribution in [-0.2, 0) is 11.3 Å². The van der Waals surface area contributed by atoms with Crippen molar-refractivity contribution in [2.24, 2.45) is 0 Å². The molecule has 1 aliphatic rings. The fraction of sp³-hybridized carbons (Fsp3) is 0.409. The van der Waals surface area contributed by atoms with Gasteiger partial charge in [-0.2, -0.15) is 0 Å². The van der Waals surface area contributed by atoms with Crippen molar-refractivity contribution in [1.29, 1.82) is 0 Å². The van der Waals surface area contributed by atoms with Crippen molar-refractivity contribution in [2.75, 3.05) is 45.9 Å². The molecular formula is C22H28FN3O2. The molecule has 1 saturated heterocycles. The zero-order chi connectivity index (χ0) is 19.8. The van der Waals surface area contributed by atoms with E-state index in [-0.39, 0.29) is 11.7 Å². The molecule has 28 heavy (non-hydrogen) atoms. The fourth-order valence-electron chi connectivity index (χ4n) is 3.19. The van der Waals surface area contributed by atoms with Gasteiger partial charge in [0, 0.05) is 39.3 Å². The van der Waals surface area contributed by atoms with Gasteiger partial charge in [-0.25, -0.2) is 4.39 Å². The number of amides is 1. The van der Waals surface area contributed by atoms with E-state index in [1.165, 1.54) is 6.07 Å². The Labute approximate surface area is 166 Å². The topological polar surface area (TPSA) is 44.8 Å². The van der Waals surface area contributed by atoms with Gasteiger partial charge in [0.2, 0.25) is 5.91 Å². The maximum absolute atomic E-state index is 13.6. The standard InChI is InChI=1S/C22H28FN3O2/c1-18-7-8-19(15-21(18)23)16-24-22(27)17-26-11-9-25(10-12-26)13-14-28-20-5-3-2-4-6-20/h2-8,15H,9-14,16-17H2,1H3,(H,24,27). The van der Waals surface area contributed by atoms with E-state index in [1.807, 2.05) is 36.4 Å². The first kappa shape index (κ1) is 20.3. The summed E-state index contributed by atoms with van der Waals surface area (Å²) in [7, 11) is 0. The van der Waals surface area contributed by atoms with E-state index in [0.717, 1.165) is 44.0 Å². The lowest BCUT2D eigenvalue weighted by atomic mass is 10.1. The Morgan fingerprint density at radius 3 is 2.50 bits per heavy atom. The van der Waals surface area contributed by atoms with E-state index in [2.05, 4.69) is 15.1 Å². The molecule has 0 unspecified atom stereocenters. The lowest BCUT2D eigenvalue weighted by molar-refractivity contribution is -0.122. The third-order valence-electron chi connectivity index (χ3n) is 4.98. The van der Waals surface area contributed by atoms with Crippen LogP contribution in [0.3, 0.4) is 0 Å². The highest BCUT2D eigenvalue weighted by Crippen LogP contribution is 2.10. The van der Waals surface area contributed by atoms with Crippen molar-refractivity contribution >= 4 is 5.91 Å². The quantitative estimate of drug-likeness (QED) is 0.758. The first-order valence-electron chi connectivity index (χ1n) is 9.74. The molecule has 0 aliphatic carbocycles. The summed E-state index contributed by atoms with van der Waals surface area (Å²) in [6.07, 6.45) is 0. The third kappa shape index (κ3) is 6.32. The molecular weight excluding hydrogens is 357 g/mol. The van der Waals surface area contributed by atoms with Gasteiger partial charge in [-0.05, 0) is 36.2 Å². The SMILES string of the molecule is Cc1ccc(CNC(=O)CN2CCN(CCOc3ccccc3)CC2)cc1F. The number of aryl methyl sites for hydroxylation is 1. The second kappa shape index (κ2) is 10.2. The molecule has 1 fully saturated rings. The molecule has 1 aliphatic heterocycles. The minimum absolute atomic E-state index is 0.0261. The van der Waals surface area contributed by atoms with Crippen LogP contribution in [0.4, 0.5) is 4.39 Å². The van der Waals surface area contributed by atoms with Crippen LogP contribution in [0.2, 0.25) is 0 Å². The highest BCUT2D eigenvalue weighted by atomic mass is 19.1. The molecule has 0 spiro atoms. The van der Waals surface area contributed by atoms with Crippen LogP contribution >= 0.6 is 0 Å². The Kier molecular flexibility index (Phi) is 7.39. The number of benzene rings is 2. The zero-order valence-corrected chi connectivity index (χ0v) is 16.4. The van der Waals surface area contributed by atoms with Crippen LogP contribution in [0.25, 0.3) is 0 Å². The maximum atomic E-state index is 13.6. The molecule has 6 heteroatoms. The second-order valence-corrected chi connectivity index (χ2v) is 7.14. The van der Waals surface area contributed by atoms with E-state index in [4.69, 9.17) is 4.74 Å². The summed E-state index contributed by atoms with van der Waals surface area (Å²) in [5.41, 5.74) is 1.39. The molecule has 5 nitrogen and oxygen atoms in total. The number of carbonyl (C=O) groups excluding carboxylic acids is 1. The van der Waals surface area contributed by atoms with Gasteiger partial charge >= 0.3 is 0 Å². The van der Waals surface area contributed by atoms with Crippen molar-refractivity contribution in [2.45, 2.75) is 13.5 Å². The summed E-state index contributed by atoms with van der Waals surface area (Å²) in [4.78, 5) is 16.7. The number of hydrogen-bond donors (Lipinski definition) is 1. The number of nitrogens with zero attached hydrogens (tertiary/aromatic N) is 2. The Morgan fingerprint density at radius 1 is 1.07 bits per heavy atom. The van der Waals surface area contributed by atoms with E-state index >= 15 is 0 Å². The molecule has 1 N–H and O–H groups in total.